The lowest BCUT2D eigenvalue weighted by atomic mass is 10.1. The van der Waals surface area contributed by atoms with Crippen LogP contribution in [0.15, 0.2) is 65.7 Å². The molecule has 1 unspecified atom stereocenters. The van der Waals surface area contributed by atoms with Gasteiger partial charge in [-0.1, -0.05) is 24.1 Å². The monoisotopic (exact) mass is 492 g/mol. The zero-order chi connectivity index (χ0) is 25.2. The van der Waals surface area contributed by atoms with Crippen molar-refractivity contribution in [3.05, 3.63) is 88.1 Å². The molecule has 37 heavy (non-hydrogen) atoms. The van der Waals surface area contributed by atoms with Crippen LogP contribution in [0.1, 0.15) is 42.2 Å². The number of benzene rings is 1. The summed E-state index contributed by atoms with van der Waals surface area (Å²) in [6, 6.07) is 13.8. The highest BCUT2D eigenvalue weighted by Crippen LogP contribution is 2.26. The van der Waals surface area contributed by atoms with Crippen LogP contribution >= 0.6 is 0 Å². The van der Waals surface area contributed by atoms with E-state index in [1.165, 1.54) is 5.70 Å². The van der Waals surface area contributed by atoms with Gasteiger partial charge in [0.1, 0.15) is 5.65 Å². The van der Waals surface area contributed by atoms with Crippen molar-refractivity contribution in [1.82, 2.24) is 24.4 Å². The van der Waals surface area contributed by atoms with Crippen LogP contribution in [0.25, 0.3) is 16.7 Å². The average molecular weight is 493 g/mol. The highest BCUT2D eigenvalue weighted by atomic mass is 16.5. The van der Waals surface area contributed by atoms with E-state index in [-0.39, 0.29) is 11.7 Å². The van der Waals surface area contributed by atoms with E-state index in [4.69, 9.17) is 16.1 Å². The number of aromatic nitrogens is 4. The predicted octanol–water partition coefficient (Wildman–Crippen LogP) is 4.05. The average Bonchev–Trinajstić information content (AvgIpc) is 3.63. The van der Waals surface area contributed by atoms with E-state index in [2.05, 4.69) is 32.2 Å². The van der Waals surface area contributed by atoms with Crippen molar-refractivity contribution in [2.45, 2.75) is 31.9 Å². The molecule has 8 nitrogen and oxygen atoms in total. The van der Waals surface area contributed by atoms with Gasteiger partial charge in [0.15, 0.2) is 0 Å². The number of hydrogen-bond acceptors (Lipinski definition) is 6. The molecule has 1 aliphatic carbocycles. The molecule has 186 valence electrons. The van der Waals surface area contributed by atoms with Crippen LogP contribution in [0.4, 0.5) is 11.6 Å². The third-order valence-corrected chi connectivity index (χ3v) is 6.93. The van der Waals surface area contributed by atoms with Crippen LogP contribution in [-0.4, -0.2) is 38.8 Å². The van der Waals surface area contributed by atoms with Gasteiger partial charge in [-0.15, -0.1) is 6.42 Å². The van der Waals surface area contributed by atoms with E-state index in [1.807, 2.05) is 42.6 Å². The first-order valence-corrected chi connectivity index (χ1v) is 12.6. The topological polar surface area (TPSA) is 86.0 Å². The van der Waals surface area contributed by atoms with Crippen molar-refractivity contribution in [3.8, 4) is 12.3 Å². The highest BCUT2D eigenvalue weighted by Gasteiger charge is 2.17. The summed E-state index contributed by atoms with van der Waals surface area (Å²) in [5, 5.41) is 7.34. The summed E-state index contributed by atoms with van der Waals surface area (Å²) < 4.78 is 9.65. The van der Waals surface area contributed by atoms with Gasteiger partial charge in [-0.25, -0.2) is 4.98 Å². The predicted molar refractivity (Wildman–Crippen MR) is 145 cm³/mol. The number of fused-ring (bicyclic) bond motifs is 1. The maximum Gasteiger partial charge on any atom is 0.268 e. The fourth-order valence-corrected chi connectivity index (χ4v) is 5.02. The number of nitrogens with zero attached hydrogens (tertiary/aromatic N) is 4. The quantitative estimate of drug-likeness (QED) is 0.395. The zero-order valence-corrected chi connectivity index (χ0v) is 20.5. The van der Waals surface area contributed by atoms with Gasteiger partial charge in [0, 0.05) is 47.9 Å². The second-order valence-electron chi connectivity index (χ2n) is 9.33. The second kappa shape index (κ2) is 10.1. The molecule has 8 heteroatoms. The smallest absolute Gasteiger partial charge is 0.268 e. The third kappa shape index (κ3) is 4.67. The number of anilines is 2. The Labute approximate surface area is 215 Å². The van der Waals surface area contributed by atoms with Gasteiger partial charge >= 0.3 is 0 Å². The first-order chi connectivity index (χ1) is 18.2. The first kappa shape index (κ1) is 23.2. The van der Waals surface area contributed by atoms with Gasteiger partial charge in [-0.2, -0.15) is 4.98 Å². The Kier molecular flexibility index (Phi) is 6.31. The SMILES string of the molecule is C#Cc1cc2cnc(Nc3ccc(C4CNCCO4)cc3)nc2n(Cc2cccn2C2=CCCC2)c1=O. The minimum atomic E-state index is -0.238. The lowest BCUT2D eigenvalue weighted by Crippen LogP contribution is -2.33. The van der Waals surface area contributed by atoms with Crippen molar-refractivity contribution in [3.63, 3.8) is 0 Å². The van der Waals surface area contributed by atoms with Gasteiger partial charge in [0.25, 0.3) is 5.56 Å². The summed E-state index contributed by atoms with van der Waals surface area (Å²) in [7, 11) is 0. The molecule has 4 aromatic rings. The van der Waals surface area contributed by atoms with Crippen molar-refractivity contribution in [1.29, 1.82) is 0 Å². The molecule has 1 fully saturated rings. The number of hydrogen-bond donors (Lipinski definition) is 2. The molecule has 1 aliphatic heterocycles. The minimum absolute atomic E-state index is 0.0541. The summed E-state index contributed by atoms with van der Waals surface area (Å²) in [4.78, 5) is 22.6. The number of allylic oxidation sites excluding steroid dienone is 2. The van der Waals surface area contributed by atoms with Crippen molar-refractivity contribution >= 4 is 28.4 Å². The molecular weight excluding hydrogens is 464 g/mol. The molecule has 1 atom stereocenters. The zero-order valence-electron chi connectivity index (χ0n) is 20.5. The van der Waals surface area contributed by atoms with Gasteiger partial charge in [0.05, 0.1) is 24.8 Å². The Morgan fingerprint density at radius 1 is 1.24 bits per heavy atom. The third-order valence-electron chi connectivity index (χ3n) is 6.93. The van der Waals surface area contributed by atoms with Gasteiger partial charge in [-0.3, -0.25) is 9.36 Å². The lowest BCUT2D eigenvalue weighted by Gasteiger charge is -2.24. The number of pyridine rings is 1. The van der Waals surface area contributed by atoms with Crippen LogP contribution in [0, 0.1) is 12.3 Å². The highest BCUT2D eigenvalue weighted by molar-refractivity contribution is 5.77. The molecule has 0 amide bonds. The van der Waals surface area contributed by atoms with Crippen LogP contribution in [0.2, 0.25) is 0 Å². The molecule has 0 spiro atoms. The number of ether oxygens (including phenoxy) is 1. The van der Waals surface area contributed by atoms with E-state index in [0.29, 0.717) is 35.7 Å². The fraction of sp³-hybridized carbons (Fsp3) is 0.276. The van der Waals surface area contributed by atoms with Crippen molar-refractivity contribution in [2.75, 3.05) is 25.0 Å². The van der Waals surface area contributed by atoms with Crippen LogP contribution < -0.4 is 16.2 Å². The van der Waals surface area contributed by atoms with Crippen LogP contribution in [0.5, 0.6) is 0 Å². The molecular formula is C29H28N6O2. The fourth-order valence-electron chi connectivity index (χ4n) is 5.02. The van der Waals surface area contributed by atoms with Gasteiger partial charge in [-0.05, 0) is 55.2 Å². The summed E-state index contributed by atoms with van der Waals surface area (Å²) in [5.74, 6) is 2.94. The van der Waals surface area contributed by atoms with E-state index in [0.717, 1.165) is 49.3 Å². The first-order valence-electron chi connectivity index (χ1n) is 12.6. The summed E-state index contributed by atoms with van der Waals surface area (Å²) in [6.07, 6.45) is 15.0. The summed E-state index contributed by atoms with van der Waals surface area (Å²) >= 11 is 0. The Bertz CT molecular complexity index is 1570. The number of rotatable bonds is 6. The van der Waals surface area contributed by atoms with E-state index < -0.39 is 0 Å². The minimum Gasteiger partial charge on any atom is -0.371 e. The van der Waals surface area contributed by atoms with Crippen LogP contribution in [0.3, 0.4) is 0 Å². The molecule has 1 aromatic carbocycles. The second-order valence-corrected chi connectivity index (χ2v) is 9.33. The summed E-state index contributed by atoms with van der Waals surface area (Å²) in [6.45, 7) is 2.75. The molecule has 0 radical (unpaired) electrons. The van der Waals surface area contributed by atoms with E-state index >= 15 is 0 Å². The van der Waals surface area contributed by atoms with Crippen molar-refractivity contribution < 1.29 is 4.74 Å². The molecule has 1 saturated heterocycles. The standard InChI is InChI=1S/C29H28N6O2/c1-2-20-16-22-17-31-29(32-23-11-9-21(10-12-23)26-18-30-13-15-37-26)33-27(22)35(28(20)36)19-25-8-5-14-34(25)24-6-3-4-7-24/h1,5-6,8-12,14,16-17,26,30H,3-4,7,13,15,18-19H2,(H,31,32,33). The molecule has 3 aromatic heterocycles. The Balaban J connectivity index is 1.33. The molecule has 4 heterocycles. The molecule has 0 bridgehead atoms. The number of terminal acetylenes is 1. The number of morpholine rings is 1. The molecule has 0 saturated carbocycles. The summed E-state index contributed by atoms with van der Waals surface area (Å²) in [5.41, 5.74) is 4.83. The maximum absolute atomic E-state index is 13.3. The largest absolute Gasteiger partial charge is 0.371 e. The van der Waals surface area contributed by atoms with Crippen molar-refractivity contribution in [2.24, 2.45) is 0 Å². The molecule has 2 N–H and O–H groups in total. The normalized spacial score (nSPS) is 17.5. The van der Waals surface area contributed by atoms with E-state index in [1.54, 1.807) is 16.8 Å². The maximum atomic E-state index is 13.3. The molecule has 6 rings (SSSR count). The Hall–Kier alpha value is -4.19. The van der Waals surface area contributed by atoms with Crippen LogP contribution in [-0.2, 0) is 11.3 Å². The number of nitrogens with one attached hydrogen (secondary N) is 2. The Morgan fingerprint density at radius 3 is 2.89 bits per heavy atom. The Morgan fingerprint density at radius 2 is 2.14 bits per heavy atom. The van der Waals surface area contributed by atoms with E-state index in [9.17, 15) is 4.79 Å². The molecule has 2 aliphatic rings. The van der Waals surface area contributed by atoms with Gasteiger partial charge in [0.2, 0.25) is 5.95 Å². The van der Waals surface area contributed by atoms with Gasteiger partial charge < -0.3 is 19.9 Å². The lowest BCUT2D eigenvalue weighted by molar-refractivity contribution is 0.0277.